The SMILES string of the molecule is CC(O)CCNC(=O)NCc1cccc(OCC(F)(F)F)c1. The summed E-state index contributed by atoms with van der Waals surface area (Å²) in [6.45, 7) is 0.748. The summed E-state index contributed by atoms with van der Waals surface area (Å²) in [4.78, 5) is 11.5. The Bertz CT molecular complexity index is 479. The van der Waals surface area contributed by atoms with Gasteiger partial charge in [0.05, 0.1) is 6.10 Å². The molecule has 5 nitrogen and oxygen atoms in total. The first-order valence-corrected chi connectivity index (χ1v) is 6.74. The molecule has 0 spiro atoms. The largest absolute Gasteiger partial charge is 0.484 e. The first kappa shape index (κ1) is 18.1. The Kier molecular flexibility index (Phi) is 6.97. The highest BCUT2D eigenvalue weighted by Gasteiger charge is 2.28. The Morgan fingerprint density at radius 3 is 2.73 bits per heavy atom. The second kappa shape index (κ2) is 8.47. The van der Waals surface area contributed by atoms with Gasteiger partial charge in [-0.05, 0) is 31.0 Å². The molecule has 1 aromatic rings. The van der Waals surface area contributed by atoms with Crippen LogP contribution in [-0.4, -0.2) is 36.6 Å². The Balaban J connectivity index is 2.38. The molecule has 0 radical (unpaired) electrons. The molecule has 1 aromatic carbocycles. The van der Waals surface area contributed by atoms with Crippen molar-refractivity contribution in [3.8, 4) is 5.75 Å². The summed E-state index contributed by atoms with van der Waals surface area (Å²) >= 11 is 0. The van der Waals surface area contributed by atoms with Crippen LogP contribution in [0.15, 0.2) is 24.3 Å². The molecule has 1 rings (SSSR count). The summed E-state index contributed by atoms with van der Waals surface area (Å²) in [5.74, 6) is 0.0890. The number of hydrogen-bond donors (Lipinski definition) is 3. The third-order valence-corrected chi connectivity index (χ3v) is 2.60. The molecule has 0 saturated heterocycles. The van der Waals surface area contributed by atoms with E-state index >= 15 is 0 Å². The maximum Gasteiger partial charge on any atom is 0.422 e. The van der Waals surface area contributed by atoms with Crippen LogP contribution < -0.4 is 15.4 Å². The number of halogens is 3. The van der Waals surface area contributed by atoms with Gasteiger partial charge in [0.2, 0.25) is 0 Å². The average Bonchev–Trinajstić information content (AvgIpc) is 2.42. The standard InChI is InChI=1S/C14H19F3N2O3/c1-10(20)5-6-18-13(21)19-8-11-3-2-4-12(7-11)22-9-14(15,16)17/h2-4,7,10,20H,5-6,8-9H2,1H3,(H2,18,19,21). The van der Waals surface area contributed by atoms with E-state index < -0.39 is 24.9 Å². The van der Waals surface area contributed by atoms with Gasteiger partial charge in [0.25, 0.3) is 0 Å². The molecule has 0 aliphatic rings. The number of alkyl halides is 3. The van der Waals surface area contributed by atoms with Crippen LogP contribution in [0.4, 0.5) is 18.0 Å². The van der Waals surface area contributed by atoms with Crippen molar-refractivity contribution < 1.29 is 27.8 Å². The number of benzene rings is 1. The molecular weight excluding hydrogens is 301 g/mol. The summed E-state index contributed by atoms with van der Waals surface area (Å²) in [7, 11) is 0. The van der Waals surface area contributed by atoms with Crippen molar-refractivity contribution in [1.29, 1.82) is 0 Å². The van der Waals surface area contributed by atoms with Crippen LogP contribution >= 0.6 is 0 Å². The summed E-state index contributed by atoms with van der Waals surface area (Å²) in [5, 5.41) is 14.2. The average molecular weight is 320 g/mol. The van der Waals surface area contributed by atoms with Crippen LogP contribution in [0.25, 0.3) is 0 Å². The Hall–Kier alpha value is -1.96. The van der Waals surface area contributed by atoms with Gasteiger partial charge in [-0.3, -0.25) is 0 Å². The van der Waals surface area contributed by atoms with Gasteiger partial charge in [0.15, 0.2) is 6.61 Å². The maximum atomic E-state index is 12.1. The van der Waals surface area contributed by atoms with Gasteiger partial charge in [-0.1, -0.05) is 12.1 Å². The quantitative estimate of drug-likeness (QED) is 0.721. The molecule has 0 bridgehead atoms. The fraction of sp³-hybridized carbons (Fsp3) is 0.500. The first-order chi connectivity index (χ1) is 10.3. The molecule has 0 heterocycles. The van der Waals surface area contributed by atoms with Gasteiger partial charge in [0, 0.05) is 13.1 Å². The van der Waals surface area contributed by atoms with E-state index in [4.69, 9.17) is 5.11 Å². The predicted octanol–water partition coefficient (Wildman–Crippen LogP) is 2.20. The third-order valence-electron chi connectivity index (χ3n) is 2.60. The molecule has 0 aliphatic heterocycles. The second-order valence-corrected chi connectivity index (χ2v) is 4.80. The summed E-state index contributed by atoms with van der Waals surface area (Å²) in [5.41, 5.74) is 0.616. The molecule has 2 amide bonds. The van der Waals surface area contributed by atoms with Gasteiger partial charge in [0.1, 0.15) is 5.75 Å². The lowest BCUT2D eigenvalue weighted by Crippen LogP contribution is -2.36. The highest BCUT2D eigenvalue weighted by molar-refractivity contribution is 5.73. The maximum absolute atomic E-state index is 12.1. The van der Waals surface area contributed by atoms with Crippen molar-refractivity contribution in [3.63, 3.8) is 0 Å². The number of nitrogens with one attached hydrogen (secondary N) is 2. The van der Waals surface area contributed by atoms with Crippen molar-refractivity contribution in [2.45, 2.75) is 32.2 Å². The molecule has 0 saturated carbocycles. The number of carbonyl (C=O) groups is 1. The van der Waals surface area contributed by atoms with E-state index in [1.54, 1.807) is 19.1 Å². The van der Waals surface area contributed by atoms with E-state index in [-0.39, 0.29) is 12.3 Å². The fourth-order valence-corrected chi connectivity index (χ4v) is 1.55. The molecular formula is C14H19F3N2O3. The molecule has 124 valence electrons. The Labute approximate surface area is 126 Å². The van der Waals surface area contributed by atoms with E-state index in [9.17, 15) is 18.0 Å². The van der Waals surface area contributed by atoms with Gasteiger partial charge in [-0.15, -0.1) is 0 Å². The zero-order valence-corrected chi connectivity index (χ0v) is 12.1. The van der Waals surface area contributed by atoms with Crippen LogP contribution in [0.3, 0.4) is 0 Å². The van der Waals surface area contributed by atoms with Gasteiger partial charge >= 0.3 is 12.2 Å². The van der Waals surface area contributed by atoms with Crippen molar-refractivity contribution in [2.24, 2.45) is 0 Å². The van der Waals surface area contributed by atoms with Gasteiger partial charge < -0.3 is 20.5 Å². The Morgan fingerprint density at radius 2 is 2.09 bits per heavy atom. The Morgan fingerprint density at radius 1 is 1.36 bits per heavy atom. The van der Waals surface area contributed by atoms with Crippen molar-refractivity contribution in [3.05, 3.63) is 29.8 Å². The molecule has 1 unspecified atom stereocenters. The molecule has 0 aromatic heterocycles. The second-order valence-electron chi connectivity index (χ2n) is 4.80. The zero-order chi connectivity index (χ0) is 16.6. The number of carbonyl (C=O) groups excluding carboxylic acids is 1. The molecule has 0 fully saturated rings. The van der Waals surface area contributed by atoms with Crippen LogP contribution in [0.2, 0.25) is 0 Å². The molecule has 8 heteroatoms. The number of amides is 2. The number of aliphatic hydroxyl groups is 1. The van der Waals surface area contributed by atoms with E-state index in [1.807, 2.05) is 0 Å². The van der Waals surface area contributed by atoms with Gasteiger partial charge in [-0.25, -0.2) is 4.79 Å². The van der Waals surface area contributed by atoms with Crippen LogP contribution in [0.1, 0.15) is 18.9 Å². The summed E-state index contributed by atoms with van der Waals surface area (Å²) in [6, 6.07) is 5.65. The van der Waals surface area contributed by atoms with E-state index in [0.717, 1.165) is 0 Å². The highest BCUT2D eigenvalue weighted by atomic mass is 19.4. The molecule has 22 heavy (non-hydrogen) atoms. The van der Waals surface area contributed by atoms with Gasteiger partial charge in [-0.2, -0.15) is 13.2 Å². The third kappa shape index (κ3) is 8.35. The monoisotopic (exact) mass is 320 g/mol. The van der Waals surface area contributed by atoms with E-state index in [2.05, 4.69) is 15.4 Å². The normalized spacial score (nSPS) is 12.6. The predicted molar refractivity (Wildman–Crippen MR) is 74.5 cm³/mol. The minimum Gasteiger partial charge on any atom is -0.484 e. The number of urea groups is 1. The highest BCUT2D eigenvalue weighted by Crippen LogP contribution is 2.19. The first-order valence-electron chi connectivity index (χ1n) is 6.74. The van der Waals surface area contributed by atoms with E-state index in [1.165, 1.54) is 12.1 Å². The lowest BCUT2D eigenvalue weighted by Gasteiger charge is -2.11. The van der Waals surface area contributed by atoms with Crippen molar-refractivity contribution in [1.82, 2.24) is 10.6 Å². The van der Waals surface area contributed by atoms with Crippen LogP contribution in [0, 0.1) is 0 Å². The minimum absolute atomic E-state index is 0.0890. The lowest BCUT2D eigenvalue weighted by molar-refractivity contribution is -0.153. The molecule has 1 atom stereocenters. The number of hydrogen-bond acceptors (Lipinski definition) is 3. The lowest BCUT2D eigenvalue weighted by atomic mass is 10.2. The number of rotatable bonds is 7. The molecule has 3 N–H and O–H groups in total. The zero-order valence-electron chi connectivity index (χ0n) is 12.1. The van der Waals surface area contributed by atoms with Crippen molar-refractivity contribution >= 4 is 6.03 Å². The van der Waals surface area contributed by atoms with Crippen LogP contribution in [-0.2, 0) is 6.54 Å². The number of aliphatic hydroxyl groups excluding tert-OH is 1. The summed E-state index contributed by atoms with van der Waals surface area (Å²) < 4.78 is 40.8. The smallest absolute Gasteiger partial charge is 0.422 e. The topological polar surface area (TPSA) is 70.6 Å². The van der Waals surface area contributed by atoms with Crippen LogP contribution in [0.5, 0.6) is 5.75 Å². The summed E-state index contributed by atoms with van der Waals surface area (Å²) in [6.07, 6.45) is -4.45. The fourth-order valence-electron chi connectivity index (χ4n) is 1.55. The van der Waals surface area contributed by atoms with Crippen molar-refractivity contribution in [2.75, 3.05) is 13.2 Å². The van der Waals surface area contributed by atoms with E-state index in [0.29, 0.717) is 18.5 Å². The number of ether oxygens (including phenoxy) is 1. The molecule has 0 aliphatic carbocycles. The minimum atomic E-state index is -4.39.